The molecule has 0 N–H and O–H groups in total. The van der Waals surface area contributed by atoms with Gasteiger partial charge < -0.3 is 4.90 Å². The van der Waals surface area contributed by atoms with E-state index in [1.807, 2.05) is 0 Å². The molecule has 3 rings (SSSR count). The van der Waals surface area contributed by atoms with Crippen LogP contribution in [0.2, 0.25) is 10.0 Å². The van der Waals surface area contributed by atoms with Crippen LogP contribution in [0.5, 0.6) is 0 Å². The molecule has 1 aliphatic rings. The molecule has 2 aromatic rings. The van der Waals surface area contributed by atoms with E-state index in [1.165, 1.54) is 33.5 Å². The van der Waals surface area contributed by atoms with Gasteiger partial charge >= 0.3 is 0 Å². The molecular formula is C20H21Cl2FN2O3S. The predicted molar refractivity (Wildman–Crippen MR) is 111 cm³/mol. The largest absolute Gasteiger partial charge is 0.341 e. The molecule has 1 fully saturated rings. The molecule has 156 valence electrons. The van der Waals surface area contributed by atoms with E-state index >= 15 is 0 Å². The number of carbonyl (C=O) groups excluding carboxylic acids is 1. The third-order valence-electron chi connectivity index (χ3n) is 4.99. The lowest BCUT2D eigenvalue weighted by Crippen LogP contribution is -2.45. The first kappa shape index (κ1) is 22.0. The Labute approximate surface area is 180 Å². The van der Waals surface area contributed by atoms with Crippen molar-refractivity contribution in [2.75, 3.05) is 20.1 Å². The lowest BCUT2D eigenvalue weighted by atomic mass is 9.98. The molecule has 1 saturated heterocycles. The van der Waals surface area contributed by atoms with Gasteiger partial charge in [-0.15, -0.1) is 0 Å². The quantitative estimate of drug-likeness (QED) is 0.674. The molecule has 1 aliphatic heterocycles. The van der Waals surface area contributed by atoms with Gasteiger partial charge in [-0.05, 0) is 37.1 Å². The summed E-state index contributed by atoms with van der Waals surface area (Å²) >= 11 is 12.0. The van der Waals surface area contributed by atoms with Crippen molar-refractivity contribution in [1.82, 2.24) is 9.21 Å². The molecule has 5 nitrogen and oxygen atoms in total. The number of rotatable bonds is 5. The van der Waals surface area contributed by atoms with Crippen LogP contribution < -0.4 is 0 Å². The first-order valence-corrected chi connectivity index (χ1v) is 11.3. The number of amides is 1. The van der Waals surface area contributed by atoms with Gasteiger partial charge in [0.25, 0.3) is 0 Å². The Balaban J connectivity index is 1.75. The molecule has 0 spiro atoms. The number of piperidine rings is 1. The Bertz CT molecular complexity index is 1020. The van der Waals surface area contributed by atoms with Gasteiger partial charge in [0.2, 0.25) is 15.9 Å². The fourth-order valence-corrected chi connectivity index (χ4v) is 5.71. The van der Waals surface area contributed by atoms with E-state index in [-0.39, 0.29) is 39.8 Å². The average Bonchev–Trinajstić information content (AvgIpc) is 2.71. The Morgan fingerprint density at radius 1 is 1.24 bits per heavy atom. The van der Waals surface area contributed by atoms with Crippen molar-refractivity contribution in [3.63, 3.8) is 0 Å². The summed E-state index contributed by atoms with van der Waals surface area (Å²) in [4.78, 5) is 14.2. The molecule has 0 radical (unpaired) electrons. The van der Waals surface area contributed by atoms with E-state index in [2.05, 4.69) is 0 Å². The summed E-state index contributed by atoms with van der Waals surface area (Å²) in [5.74, 6) is -1.10. The Morgan fingerprint density at radius 3 is 2.69 bits per heavy atom. The van der Waals surface area contributed by atoms with Crippen molar-refractivity contribution in [3.05, 3.63) is 63.9 Å². The van der Waals surface area contributed by atoms with Crippen LogP contribution in [-0.4, -0.2) is 43.7 Å². The monoisotopic (exact) mass is 458 g/mol. The highest BCUT2D eigenvalue weighted by molar-refractivity contribution is 7.89. The van der Waals surface area contributed by atoms with Gasteiger partial charge in [0.05, 0.1) is 10.9 Å². The lowest BCUT2D eigenvalue weighted by Gasteiger charge is -2.33. The maximum absolute atomic E-state index is 13.9. The molecular weight excluding hydrogens is 438 g/mol. The maximum atomic E-state index is 13.9. The van der Waals surface area contributed by atoms with Gasteiger partial charge in [-0.25, -0.2) is 12.8 Å². The standard InChI is InChI=1S/C20H21Cl2FN2O3S/c1-24(12-14-5-2-3-7-18(14)23)20(26)15-6-4-10-25(13-15)29(27,28)19-11-16(21)8-9-17(19)22/h2-3,5,7-9,11,15H,4,6,10,12-13H2,1H3/t15-/m0/s1. The van der Waals surface area contributed by atoms with Crippen LogP contribution in [0.15, 0.2) is 47.4 Å². The summed E-state index contributed by atoms with van der Waals surface area (Å²) in [6.07, 6.45) is 1.11. The van der Waals surface area contributed by atoms with E-state index in [0.29, 0.717) is 24.9 Å². The third-order valence-corrected chi connectivity index (χ3v) is 7.57. The Kier molecular flexibility index (Phi) is 6.83. The highest BCUT2D eigenvalue weighted by atomic mass is 35.5. The van der Waals surface area contributed by atoms with E-state index < -0.39 is 15.9 Å². The first-order valence-electron chi connectivity index (χ1n) is 9.13. The summed E-state index contributed by atoms with van der Waals surface area (Å²) in [5.41, 5.74) is 0.411. The minimum Gasteiger partial charge on any atom is -0.341 e. The SMILES string of the molecule is CN(Cc1ccccc1F)C(=O)[C@H]1CCCN(S(=O)(=O)c2cc(Cl)ccc2Cl)C1. The van der Waals surface area contributed by atoms with Crippen LogP contribution >= 0.6 is 23.2 Å². The van der Waals surface area contributed by atoms with Crippen molar-refractivity contribution >= 4 is 39.1 Å². The van der Waals surface area contributed by atoms with Gasteiger partial charge in [-0.1, -0.05) is 41.4 Å². The fourth-order valence-electron chi connectivity index (χ4n) is 3.45. The highest BCUT2D eigenvalue weighted by Crippen LogP contribution is 2.31. The van der Waals surface area contributed by atoms with Gasteiger partial charge in [-0.2, -0.15) is 4.31 Å². The van der Waals surface area contributed by atoms with Crippen molar-refractivity contribution in [2.24, 2.45) is 5.92 Å². The molecule has 1 atom stereocenters. The second kappa shape index (κ2) is 9.00. The zero-order valence-electron chi connectivity index (χ0n) is 15.8. The van der Waals surface area contributed by atoms with E-state index in [0.717, 1.165) is 0 Å². The number of sulfonamides is 1. The Hall–Kier alpha value is -1.67. The Morgan fingerprint density at radius 2 is 1.97 bits per heavy atom. The van der Waals surface area contributed by atoms with Crippen LogP contribution in [0.1, 0.15) is 18.4 Å². The number of carbonyl (C=O) groups is 1. The van der Waals surface area contributed by atoms with Crippen LogP contribution in [0.4, 0.5) is 4.39 Å². The summed E-state index contributed by atoms with van der Waals surface area (Å²) in [7, 11) is -2.29. The van der Waals surface area contributed by atoms with Gasteiger partial charge in [0.15, 0.2) is 0 Å². The second-order valence-corrected chi connectivity index (χ2v) is 9.81. The van der Waals surface area contributed by atoms with Crippen molar-refractivity contribution < 1.29 is 17.6 Å². The molecule has 29 heavy (non-hydrogen) atoms. The molecule has 9 heteroatoms. The molecule has 0 saturated carbocycles. The smallest absolute Gasteiger partial charge is 0.244 e. The van der Waals surface area contributed by atoms with Gasteiger partial charge in [0.1, 0.15) is 10.7 Å². The lowest BCUT2D eigenvalue weighted by molar-refractivity contribution is -0.135. The van der Waals surface area contributed by atoms with Crippen LogP contribution in [0, 0.1) is 11.7 Å². The van der Waals surface area contributed by atoms with Crippen LogP contribution in [-0.2, 0) is 21.4 Å². The number of hydrogen-bond acceptors (Lipinski definition) is 3. The van der Waals surface area contributed by atoms with Gasteiger partial charge in [-0.3, -0.25) is 4.79 Å². The highest BCUT2D eigenvalue weighted by Gasteiger charge is 2.35. The number of hydrogen-bond donors (Lipinski definition) is 0. The van der Waals surface area contributed by atoms with Crippen molar-refractivity contribution in [3.8, 4) is 0 Å². The summed E-state index contributed by atoms with van der Waals surface area (Å²) in [5, 5.41) is 0.349. The number of halogens is 3. The fraction of sp³-hybridized carbons (Fsp3) is 0.350. The van der Waals surface area contributed by atoms with E-state index in [9.17, 15) is 17.6 Å². The molecule has 0 bridgehead atoms. The molecule has 1 amide bonds. The third kappa shape index (κ3) is 4.91. The average molecular weight is 459 g/mol. The zero-order chi connectivity index (χ0) is 21.2. The van der Waals surface area contributed by atoms with Crippen LogP contribution in [0.25, 0.3) is 0 Å². The normalized spacial score (nSPS) is 17.9. The molecule has 0 unspecified atom stereocenters. The molecule has 0 aliphatic carbocycles. The summed E-state index contributed by atoms with van der Waals surface area (Å²) < 4.78 is 41.2. The maximum Gasteiger partial charge on any atom is 0.244 e. The summed E-state index contributed by atoms with van der Waals surface area (Å²) in [6.45, 7) is 0.465. The minimum absolute atomic E-state index is 0.0472. The molecule has 2 aromatic carbocycles. The number of benzene rings is 2. The second-order valence-electron chi connectivity index (χ2n) is 7.06. The van der Waals surface area contributed by atoms with Gasteiger partial charge in [0, 0.05) is 37.3 Å². The molecule has 0 aromatic heterocycles. The van der Waals surface area contributed by atoms with Crippen LogP contribution in [0.3, 0.4) is 0 Å². The van der Waals surface area contributed by atoms with Crippen molar-refractivity contribution in [1.29, 1.82) is 0 Å². The number of nitrogens with zero attached hydrogens (tertiary/aromatic N) is 2. The van der Waals surface area contributed by atoms with E-state index in [1.54, 1.807) is 25.2 Å². The summed E-state index contributed by atoms with van der Waals surface area (Å²) in [6, 6.07) is 10.5. The topological polar surface area (TPSA) is 57.7 Å². The molecule has 1 heterocycles. The zero-order valence-corrected chi connectivity index (χ0v) is 18.1. The predicted octanol–water partition coefficient (Wildman–Crippen LogP) is 4.19. The first-order chi connectivity index (χ1) is 13.7. The minimum atomic E-state index is -3.89. The van der Waals surface area contributed by atoms with Crippen molar-refractivity contribution in [2.45, 2.75) is 24.3 Å². The van der Waals surface area contributed by atoms with E-state index in [4.69, 9.17) is 23.2 Å².